The molecule has 3 nitrogen and oxygen atoms in total. The van der Waals surface area contributed by atoms with Crippen molar-refractivity contribution in [3.63, 3.8) is 0 Å². The van der Waals surface area contributed by atoms with Crippen LogP contribution in [0.25, 0.3) is 11.0 Å². The molecule has 0 aliphatic carbocycles. The van der Waals surface area contributed by atoms with Crippen LogP contribution in [0.5, 0.6) is 0 Å². The topological polar surface area (TPSA) is 42.6 Å². The number of hydrogen-bond acceptors (Lipinski definition) is 3. The van der Waals surface area contributed by atoms with Crippen LogP contribution >= 0.6 is 11.6 Å². The maximum Gasteiger partial charge on any atom is 0.411 e. The van der Waals surface area contributed by atoms with Crippen molar-refractivity contribution in [2.24, 2.45) is 0 Å². The van der Waals surface area contributed by atoms with Gasteiger partial charge in [0, 0.05) is 23.4 Å². The Morgan fingerprint density at radius 3 is 2.75 bits per heavy atom. The number of ether oxygens (including phenoxy) is 1. The van der Waals surface area contributed by atoms with Gasteiger partial charge in [0.05, 0.1) is 0 Å². The van der Waals surface area contributed by atoms with Crippen molar-refractivity contribution in [1.29, 1.82) is 0 Å². The molecule has 0 aliphatic heterocycles. The highest BCUT2D eigenvalue weighted by Crippen LogP contribution is 2.27. The van der Waals surface area contributed by atoms with Gasteiger partial charge >= 0.3 is 6.18 Å². The molecular weight excluding hydrogens is 297 g/mol. The first kappa shape index (κ1) is 15.2. The van der Waals surface area contributed by atoms with E-state index < -0.39 is 18.9 Å². The average Bonchev–Trinajstić information content (AvgIpc) is 2.76. The van der Waals surface area contributed by atoms with E-state index in [1.54, 1.807) is 24.3 Å². The molecule has 2 rings (SSSR count). The zero-order chi connectivity index (χ0) is 14.8. The summed E-state index contributed by atoms with van der Waals surface area (Å²) in [6.45, 7) is -1.53. The Kier molecular flexibility index (Phi) is 4.57. The van der Waals surface area contributed by atoms with E-state index in [1.165, 1.54) is 0 Å². The van der Waals surface area contributed by atoms with E-state index in [0.29, 0.717) is 10.6 Å². The van der Waals surface area contributed by atoms with Crippen molar-refractivity contribution < 1.29 is 27.4 Å². The average molecular weight is 309 g/mol. The van der Waals surface area contributed by atoms with Crippen molar-refractivity contribution in [2.45, 2.75) is 18.7 Å². The molecule has 7 heteroatoms. The summed E-state index contributed by atoms with van der Waals surface area (Å²) in [4.78, 5) is 0. The third kappa shape index (κ3) is 4.13. The molecular formula is C13H12ClF3O3. The molecule has 1 atom stereocenters. The van der Waals surface area contributed by atoms with Crippen LogP contribution in [-0.2, 0) is 4.74 Å². The maximum absolute atomic E-state index is 11.9. The predicted octanol–water partition coefficient (Wildman–Crippen LogP) is 4.09. The highest BCUT2D eigenvalue weighted by Gasteiger charge is 2.27. The lowest BCUT2D eigenvalue weighted by atomic mass is 10.2. The summed E-state index contributed by atoms with van der Waals surface area (Å²) < 4.78 is 45.4. The van der Waals surface area contributed by atoms with Crippen LogP contribution in [0.15, 0.2) is 28.7 Å². The Balaban J connectivity index is 1.92. The molecule has 1 aromatic heterocycles. The number of rotatable bonds is 5. The van der Waals surface area contributed by atoms with Crippen molar-refractivity contribution >= 4 is 22.6 Å². The minimum Gasteiger partial charge on any atom is -0.458 e. The van der Waals surface area contributed by atoms with Crippen LogP contribution in [0.3, 0.4) is 0 Å². The van der Waals surface area contributed by atoms with Crippen molar-refractivity contribution in [1.82, 2.24) is 0 Å². The van der Waals surface area contributed by atoms with Gasteiger partial charge in [-0.3, -0.25) is 0 Å². The second kappa shape index (κ2) is 6.03. The Bertz CT molecular complexity index is 580. The maximum atomic E-state index is 11.9. The minimum atomic E-state index is -4.36. The van der Waals surface area contributed by atoms with Crippen LogP contribution in [-0.4, -0.2) is 24.5 Å². The van der Waals surface area contributed by atoms with Crippen molar-refractivity contribution in [2.75, 3.05) is 13.2 Å². The van der Waals surface area contributed by atoms with Crippen LogP contribution < -0.4 is 0 Å². The number of alkyl halides is 3. The highest BCUT2D eigenvalue weighted by molar-refractivity contribution is 6.31. The molecule has 0 aliphatic rings. The molecule has 20 heavy (non-hydrogen) atoms. The van der Waals surface area contributed by atoms with Crippen LogP contribution in [0.4, 0.5) is 13.2 Å². The summed E-state index contributed by atoms with van der Waals surface area (Å²) in [5.41, 5.74) is 0.555. The molecule has 1 unspecified atom stereocenters. The number of halogens is 4. The molecule has 0 amide bonds. The van der Waals surface area contributed by atoms with Crippen LogP contribution in [0.2, 0.25) is 5.02 Å². The van der Waals surface area contributed by atoms with Crippen LogP contribution in [0, 0.1) is 0 Å². The van der Waals surface area contributed by atoms with E-state index in [2.05, 4.69) is 4.74 Å². The van der Waals surface area contributed by atoms with E-state index in [9.17, 15) is 18.3 Å². The summed E-state index contributed by atoms with van der Waals surface area (Å²) in [7, 11) is 0. The normalized spacial score (nSPS) is 13.8. The predicted molar refractivity (Wildman–Crippen MR) is 67.7 cm³/mol. The van der Waals surface area contributed by atoms with Crippen LogP contribution in [0.1, 0.15) is 18.3 Å². The van der Waals surface area contributed by atoms with Gasteiger partial charge in [0.2, 0.25) is 0 Å². The van der Waals surface area contributed by atoms with Gasteiger partial charge in [-0.15, -0.1) is 0 Å². The Labute approximate surface area is 117 Å². The number of benzene rings is 1. The van der Waals surface area contributed by atoms with Gasteiger partial charge in [0.25, 0.3) is 0 Å². The second-order valence-corrected chi connectivity index (χ2v) is 4.74. The van der Waals surface area contributed by atoms with Gasteiger partial charge in [0.15, 0.2) is 0 Å². The lowest BCUT2D eigenvalue weighted by Gasteiger charge is -2.09. The van der Waals surface area contributed by atoms with E-state index >= 15 is 0 Å². The quantitative estimate of drug-likeness (QED) is 0.846. The Morgan fingerprint density at radius 1 is 1.30 bits per heavy atom. The first-order valence-corrected chi connectivity index (χ1v) is 6.24. The van der Waals surface area contributed by atoms with Gasteiger partial charge in [0.1, 0.15) is 24.1 Å². The largest absolute Gasteiger partial charge is 0.458 e. The fourth-order valence-corrected chi connectivity index (χ4v) is 1.90. The zero-order valence-electron chi connectivity index (χ0n) is 10.3. The molecule has 0 saturated carbocycles. The van der Waals surface area contributed by atoms with Gasteiger partial charge in [-0.25, -0.2) is 0 Å². The van der Waals surface area contributed by atoms with Gasteiger partial charge in [-0.05, 0) is 24.3 Å². The molecule has 0 radical (unpaired) electrons. The molecule has 0 bridgehead atoms. The molecule has 0 saturated heterocycles. The molecule has 1 aromatic carbocycles. The van der Waals surface area contributed by atoms with E-state index in [-0.39, 0.29) is 18.8 Å². The smallest absolute Gasteiger partial charge is 0.411 e. The number of aliphatic hydroxyl groups excluding tert-OH is 1. The van der Waals surface area contributed by atoms with Crippen molar-refractivity contribution in [3.05, 3.63) is 35.0 Å². The molecule has 2 aromatic rings. The van der Waals surface area contributed by atoms with E-state index in [0.717, 1.165) is 5.39 Å². The standard InChI is InChI=1S/C13H12ClF3O3/c14-9-1-2-11-8(5-9)6-12(20-11)10(18)3-4-19-7-13(15,16)17/h1-2,5-6,10,18H,3-4,7H2. The molecule has 1 N–H and O–H groups in total. The third-order valence-corrected chi connectivity index (χ3v) is 2.86. The fraction of sp³-hybridized carbons (Fsp3) is 0.385. The molecule has 0 spiro atoms. The second-order valence-electron chi connectivity index (χ2n) is 4.30. The zero-order valence-corrected chi connectivity index (χ0v) is 11.0. The molecule has 0 fully saturated rings. The summed E-state index contributed by atoms with van der Waals surface area (Å²) in [5, 5.41) is 11.1. The number of furan rings is 1. The number of hydrogen-bond donors (Lipinski definition) is 1. The highest BCUT2D eigenvalue weighted by atomic mass is 35.5. The lowest BCUT2D eigenvalue weighted by molar-refractivity contribution is -0.175. The summed E-state index contributed by atoms with van der Waals surface area (Å²) in [5.74, 6) is 0.276. The minimum absolute atomic E-state index is 0.0175. The first-order chi connectivity index (χ1) is 9.35. The Hall–Kier alpha value is -1.24. The number of fused-ring (bicyclic) bond motifs is 1. The summed E-state index contributed by atoms with van der Waals surface area (Å²) >= 11 is 5.82. The van der Waals surface area contributed by atoms with E-state index in [4.69, 9.17) is 16.0 Å². The van der Waals surface area contributed by atoms with Gasteiger partial charge in [-0.1, -0.05) is 11.6 Å². The third-order valence-electron chi connectivity index (χ3n) is 2.63. The molecule has 110 valence electrons. The summed E-state index contributed by atoms with van der Waals surface area (Å²) in [6, 6.07) is 6.59. The SMILES string of the molecule is OC(CCOCC(F)(F)F)c1cc2cc(Cl)ccc2o1. The first-order valence-electron chi connectivity index (χ1n) is 5.87. The summed E-state index contributed by atoms with van der Waals surface area (Å²) in [6.07, 6.45) is -5.36. The van der Waals surface area contributed by atoms with Crippen molar-refractivity contribution in [3.8, 4) is 0 Å². The molecule has 1 heterocycles. The number of aliphatic hydroxyl groups is 1. The van der Waals surface area contributed by atoms with E-state index in [1.807, 2.05) is 0 Å². The van der Waals surface area contributed by atoms with Gasteiger partial charge < -0.3 is 14.3 Å². The Morgan fingerprint density at radius 2 is 2.05 bits per heavy atom. The monoisotopic (exact) mass is 308 g/mol. The van der Waals surface area contributed by atoms with Gasteiger partial charge in [-0.2, -0.15) is 13.2 Å². The fourth-order valence-electron chi connectivity index (χ4n) is 1.72. The lowest BCUT2D eigenvalue weighted by Crippen LogP contribution is -2.18.